The predicted molar refractivity (Wildman–Crippen MR) is 212 cm³/mol. The SMILES string of the molecule is CC1(C)c2ccccc2-c2ccc(N(c3ccccc3)c3ccc4c(c3)C3(c5ccccc5-c5ccccc53)c3c-4ccc4ccccc34)cc21. The third-order valence-electron chi connectivity index (χ3n) is 12.1. The minimum Gasteiger partial charge on any atom is -0.310 e. The molecular weight excluding hydrogens is 615 g/mol. The Bertz CT molecular complexity index is 2690. The van der Waals surface area contributed by atoms with Crippen LogP contribution in [-0.4, -0.2) is 0 Å². The van der Waals surface area contributed by atoms with Crippen LogP contribution in [0.2, 0.25) is 0 Å². The summed E-state index contributed by atoms with van der Waals surface area (Å²) in [5.41, 5.74) is 19.1. The maximum Gasteiger partial charge on any atom is 0.0732 e. The van der Waals surface area contributed by atoms with E-state index >= 15 is 0 Å². The smallest absolute Gasteiger partial charge is 0.0732 e. The third-order valence-corrected chi connectivity index (χ3v) is 12.1. The van der Waals surface area contributed by atoms with Crippen molar-refractivity contribution in [2.75, 3.05) is 4.90 Å². The number of hydrogen-bond acceptors (Lipinski definition) is 1. The van der Waals surface area contributed by atoms with Crippen LogP contribution < -0.4 is 4.90 Å². The fourth-order valence-corrected chi connectivity index (χ4v) is 9.90. The number of para-hydroxylation sites is 1. The molecule has 0 bridgehead atoms. The lowest BCUT2D eigenvalue weighted by Gasteiger charge is -2.33. The summed E-state index contributed by atoms with van der Waals surface area (Å²) in [6.45, 7) is 4.73. The molecule has 240 valence electrons. The molecule has 51 heavy (non-hydrogen) atoms. The van der Waals surface area contributed by atoms with Crippen LogP contribution in [0.25, 0.3) is 44.2 Å². The first-order chi connectivity index (χ1) is 25.1. The molecule has 0 fully saturated rings. The van der Waals surface area contributed by atoms with Gasteiger partial charge in [0, 0.05) is 22.5 Å². The zero-order chi connectivity index (χ0) is 33.9. The first kappa shape index (κ1) is 28.6. The molecule has 8 aromatic rings. The first-order valence-corrected chi connectivity index (χ1v) is 18.0. The first-order valence-electron chi connectivity index (χ1n) is 18.0. The van der Waals surface area contributed by atoms with E-state index in [9.17, 15) is 0 Å². The fraction of sp³-hybridized carbons (Fsp3) is 0.0800. The molecule has 0 saturated heterocycles. The molecule has 11 rings (SSSR count). The zero-order valence-corrected chi connectivity index (χ0v) is 28.7. The summed E-state index contributed by atoms with van der Waals surface area (Å²) in [4.78, 5) is 2.46. The maximum absolute atomic E-state index is 2.50. The molecule has 0 aromatic heterocycles. The molecule has 8 aromatic carbocycles. The van der Waals surface area contributed by atoms with E-state index in [0.29, 0.717) is 0 Å². The predicted octanol–water partition coefficient (Wildman–Crippen LogP) is 13.0. The van der Waals surface area contributed by atoms with Crippen molar-refractivity contribution in [2.24, 2.45) is 0 Å². The van der Waals surface area contributed by atoms with Crippen LogP contribution in [0.3, 0.4) is 0 Å². The number of nitrogens with zero attached hydrogens (tertiary/aromatic N) is 1. The molecule has 3 aliphatic carbocycles. The van der Waals surface area contributed by atoms with Gasteiger partial charge in [-0.2, -0.15) is 0 Å². The molecule has 0 amide bonds. The Balaban J connectivity index is 1.20. The Morgan fingerprint density at radius 2 is 0.843 bits per heavy atom. The average molecular weight is 650 g/mol. The van der Waals surface area contributed by atoms with Crippen LogP contribution >= 0.6 is 0 Å². The Morgan fingerprint density at radius 1 is 0.353 bits per heavy atom. The summed E-state index contributed by atoms with van der Waals surface area (Å²) in [6.07, 6.45) is 0. The lowest BCUT2D eigenvalue weighted by Crippen LogP contribution is -2.26. The largest absolute Gasteiger partial charge is 0.310 e. The van der Waals surface area contributed by atoms with Crippen molar-refractivity contribution < 1.29 is 0 Å². The van der Waals surface area contributed by atoms with E-state index < -0.39 is 5.41 Å². The summed E-state index contributed by atoms with van der Waals surface area (Å²) in [5, 5.41) is 2.60. The van der Waals surface area contributed by atoms with Gasteiger partial charge in [0.15, 0.2) is 0 Å². The van der Waals surface area contributed by atoms with Gasteiger partial charge in [0.25, 0.3) is 0 Å². The summed E-state index contributed by atoms with van der Waals surface area (Å²) in [5.74, 6) is 0. The lowest BCUT2D eigenvalue weighted by molar-refractivity contribution is 0.660. The highest BCUT2D eigenvalue weighted by Gasteiger charge is 2.52. The van der Waals surface area contributed by atoms with Crippen molar-refractivity contribution in [3.05, 3.63) is 209 Å². The van der Waals surface area contributed by atoms with E-state index in [4.69, 9.17) is 0 Å². The van der Waals surface area contributed by atoms with E-state index in [0.717, 1.165) is 11.4 Å². The second-order valence-electron chi connectivity index (χ2n) is 14.9. The summed E-state index contributed by atoms with van der Waals surface area (Å²) >= 11 is 0. The normalized spacial score (nSPS) is 14.8. The minimum absolute atomic E-state index is 0.0910. The van der Waals surface area contributed by atoms with E-state index in [-0.39, 0.29) is 5.41 Å². The molecule has 0 unspecified atom stereocenters. The Hall–Kier alpha value is -6.18. The molecule has 3 aliphatic rings. The van der Waals surface area contributed by atoms with E-state index in [1.165, 1.54) is 83.2 Å². The van der Waals surface area contributed by atoms with Gasteiger partial charge in [-0.25, -0.2) is 0 Å². The number of anilines is 3. The van der Waals surface area contributed by atoms with Crippen LogP contribution in [0, 0.1) is 0 Å². The average Bonchev–Trinajstić information content (AvgIpc) is 3.74. The van der Waals surface area contributed by atoms with Crippen LogP contribution in [0.5, 0.6) is 0 Å². The molecule has 1 heteroatoms. The van der Waals surface area contributed by atoms with Crippen molar-refractivity contribution in [2.45, 2.75) is 24.7 Å². The van der Waals surface area contributed by atoms with E-state index in [2.05, 4.69) is 195 Å². The standard InChI is InChI=1S/C50H35N/c1-49(2)43-21-11-8-18-37(43)40-28-25-34(30-46(40)49)51(33-15-4-3-5-16-33)35-26-29-41-42-27-24-32-14-6-7-17-36(32)48(42)50(47(41)31-35)44-22-12-9-19-38(44)39-20-10-13-23-45(39)50/h3-31H,1-2H3. The van der Waals surface area contributed by atoms with Gasteiger partial charge in [-0.1, -0.05) is 153 Å². The highest BCUT2D eigenvalue weighted by Crippen LogP contribution is 2.64. The van der Waals surface area contributed by atoms with Gasteiger partial charge in [0.1, 0.15) is 0 Å². The molecule has 0 heterocycles. The number of benzene rings is 8. The monoisotopic (exact) mass is 649 g/mol. The molecule has 0 saturated carbocycles. The van der Waals surface area contributed by atoms with Crippen molar-refractivity contribution in [3.63, 3.8) is 0 Å². The van der Waals surface area contributed by atoms with Crippen LogP contribution in [0.4, 0.5) is 17.1 Å². The minimum atomic E-state index is -0.446. The summed E-state index contributed by atoms with van der Waals surface area (Å²) in [7, 11) is 0. The molecule has 0 N–H and O–H groups in total. The highest BCUT2D eigenvalue weighted by atomic mass is 15.1. The lowest BCUT2D eigenvalue weighted by atomic mass is 9.69. The van der Waals surface area contributed by atoms with Gasteiger partial charge in [0.2, 0.25) is 0 Å². The molecule has 0 atom stereocenters. The second kappa shape index (κ2) is 10.2. The number of fused-ring (bicyclic) bond motifs is 15. The Kier molecular flexibility index (Phi) is 5.72. The van der Waals surface area contributed by atoms with E-state index in [1.54, 1.807) is 0 Å². The quantitative estimate of drug-likeness (QED) is 0.184. The van der Waals surface area contributed by atoms with Gasteiger partial charge >= 0.3 is 0 Å². The van der Waals surface area contributed by atoms with Crippen LogP contribution in [0.1, 0.15) is 47.2 Å². The third kappa shape index (κ3) is 3.65. The van der Waals surface area contributed by atoms with Gasteiger partial charge in [-0.05, 0) is 114 Å². The Labute approximate surface area is 299 Å². The number of hydrogen-bond donors (Lipinski definition) is 0. The van der Waals surface area contributed by atoms with Crippen LogP contribution in [0.15, 0.2) is 176 Å². The number of rotatable bonds is 3. The summed E-state index contributed by atoms with van der Waals surface area (Å²) < 4.78 is 0. The van der Waals surface area contributed by atoms with E-state index in [1.807, 2.05) is 0 Å². The molecular formula is C50H35N. The van der Waals surface area contributed by atoms with Crippen molar-refractivity contribution in [3.8, 4) is 33.4 Å². The van der Waals surface area contributed by atoms with Crippen molar-refractivity contribution in [1.82, 2.24) is 0 Å². The van der Waals surface area contributed by atoms with Gasteiger partial charge < -0.3 is 4.90 Å². The molecule has 0 aliphatic heterocycles. The molecule has 1 nitrogen and oxygen atoms in total. The fourth-order valence-electron chi connectivity index (χ4n) is 9.90. The summed E-state index contributed by atoms with van der Waals surface area (Å²) in [6, 6.07) is 65.9. The van der Waals surface area contributed by atoms with Gasteiger partial charge in [-0.3, -0.25) is 0 Å². The molecule has 1 spiro atoms. The topological polar surface area (TPSA) is 3.24 Å². The van der Waals surface area contributed by atoms with Gasteiger partial charge in [-0.15, -0.1) is 0 Å². The highest BCUT2D eigenvalue weighted by molar-refractivity contribution is 6.04. The molecule has 0 radical (unpaired) electrons. The maximum atomic E-state index is 2.50. The van der Waals surface area contributed by atoms with Crippen molar-refractivity contribution >= 4 is 27.8 Å². The second-order valence-corrected chi connectivity index (χ2v) is 14.9. The van der Waals surface area contributed by atoms with Crippen molar-refractivity contribution in [1.29, 1.82) is 0 Å². The Morgan fingerprint density at radius 3 is 1.53 bits per heavy atom. The zero-order valence-electron chi connectivity index (χ0n) is 28.7. The van der Waals surface area contributed by atoms with Gasteiger partial charge in [0.05, 0.1) is 5.41 Å². The van der Waals surface area contributed by atoms with Crippen LogP contribution in [-0.2, 0) is 10.8 Å².